The van der Waals surface area contributed by atoms with E-state index in [-0.39, 0.29) is 12.4 Å². The number of nitrogens with two attached hydrogens (primary N) is 1. The molecular formula is C14H17ClF3N3O3. The molecule has 1 aromatic carbocycles. The average molecular weight is 368 g/mol. The van der Waals surface area contributed by atoms with Crippen LogP contribution in [0, 0.1) is 17.5 Å². The Labute approximate surface area is 142 Å². The zero-order valence-electron chi connectivity index (χ0n) is 12.5. The molecule has 2 amide bonds. The van der Waals surface area contributed by atoms with Crippen LogP contribution in [-0.2, 0) is 14.3 Å². The van der Waals surface area contributed by atoms with Gasteiger partial charge in [-0.15, -0.1) is 12.4 Å². The summed E-state index contributed by atoms with van der Waals surface area (Å²) in [7, 11) is 0. The maximum atomic E-state index is 13.4. The molecule has 0 aromatic heterocycles. The topological polar surface area (TPSA) is 93.5 Å². The molecule has 0 aliphatic carbocycles. The molecule has 1 aliphatic rings. The van der Waals surface area contributed by atoms with Gasteiger partial charge in [-0.2, -0.15) is 0 Å². The van der Waals surface area contributed by atoms with Crippen LogP contribution in [0.15, 0.2) is 12.1 Å². The van der Waals surface area contributed by atoms with Gasteiger partial charge in [0.1, 0.15) is 0 Å². The molecule has 0 unspecified atom stereocenters. The second-order valence-electron chi connectivity index (χ2n) is 5.22. The SMILES string of the molecule is Cl.NC1(C(=O)NCC(=O)Nc2ccc(F)c(F)c2F)CCOCC1. The average Bonchev–Trinajstić information content (AvgIpc) is 2.54. The largest absolute Gasteiger partial charge is 0.381 e. The molecule has 4 N–H and O–H groups in total. The first-order chi connectivity index (χ1) is 10.8. The van der Waals surface area contributed by atoms with E-state index in [1.165, 1.54) is 0 Å². The highest BCUT2D eigenvalue weighted by Crippen LogP contribution is 2.20. The van der Waals surface area contributed by atoms with Crippen molar-refractivity contribution in [3.63, 3.8) is 0 Å². The van der Waals surface area contributed by atoms with Crippen molar-refractivity contribution in [2.45, 2.75) is 18.4 Å². The van der Waals surface area contributed by atoms with Gasteiger partial charge in [-0.3, -0.25) is 9.59 Å². The molecule has 2 rings (SSSR count). The van der Waals surface area contributed by atoms with Gasteiger partial charge in [0, 0.05) is 13.2 Å². The van der Waals surface area contributed by atoms with Gasteiger partial charge in [0.2, 0.25) is 11.8 Å². The molecule has 1 fully saturated rings. The van der Waals surface area contributed by atoms with Gasteiger partial charge in [0.15, 0.2) is 17.5 Å². The highest BCUT2D eigenvalue weighted by Gasteiger charge is 2.35. The van der Waals surface area contributed by atoms with Crippen LogP contribution in [0.5, 0.6) is 0 Å². The summed E-state index contributed by atoms with van der Waals surface area (Å²) in [4.78, 5) is 23.7. The zero-order valence-corrected chi connectivity index (χ0v) is 13.4. The van der Waals surface area contributed by atoms with E-state index in [2.05, 4.69) is 5.32 Å². The monoisotopic (exact) mass is 367 g/mol. The summed E-state index contributed by atoms with van der Waals surface area (Å²) in [5.41, 5.74) is 4.29. The van der Waals surface area contributed by atoms with Crippen LogP contribution in [0.2, 0.25) is 0 Å². The molecule has 0 spiro atoms. The van der Waals surface area contributed by atoms with Crippen molar-refractivity contribution in [2.75, 3.05) is 25.1 Å². The summed E-state index contributed by atoms with van der Waals surface area (Å²) in [6.45, 7) is 0.212. The molecule has 0 bridgehead atoms. The Balaban J connectivity index is 0.00000288. The maximum Gasteiger partial charge on any atom is 0.243 e. The minimum absolute atomic E-state index is 0. The number of rotatable bonds is 4. The number of carbonyl (C=O) groups excluding carboxylic acids is 2. The Kier molecular flexibility index (Phi) is 7.00. The van der Waals surface area contributed by atoms with Crippen molar-refractivity contribution >= 4 is 29.9 Å². The third-order valence-electron chi connectivity index (χ3n) is 3.56. The van der Waals surface area contributed by atoms with Gasteiger partial charge in [-0.25, -0.2) is 13.2 Å². The van der Waals surface area contributed by atoms with E-state index in [0.29, 0.717) is 32.1 Å². The number of halogens is 4. The van der Waals surface area contributed by atoms with E-state index in [1.54, 1.807) is 0 Å². The van der Waals surface area contributed by atoms with E-state index in [4.69, 9.17) is 10.5 Å². The summed E-state index contributed by atoms with van der Waals surface area (Å²) >= 11 is 0. The van der Waals surface area contributed by atoms with Crippen LogP contribution in [0.25, 0.3) is 0 Å². The third-order valence-corrected chi connectivity index (χ3v) is 3.56. The van der Waals surface area contributed by atoms with E-state index in [9.17, 15) is 22.8 Å². The quantitative estimate of drug-likeness (QED) is 0.694. The lowest BCUT2D eigenvalue weighted by molar-refractivity contribution is -0.131. The molecule has 1 aromatic rings. The van der Waals surface area contributed by atoms with Crippen molar-refractivity contribution in [2.24, 2.45) is 5.73 Å². The van der Waals surface area contributed by atoms with Crippen molar-refractivity contribution < 1.29 is 27.5 Å². The van der Waals surface area contributed by atoms with E-state index in [1.807, 2.05) is 5.32 Å². The number of carbonyl (C=O) groups is 2. The number of hydrogen-bond donors (Lipinski definition) is 3. The number of hydrogen-bond acceptors (Lipinski definition) is 4. The standard InChI is InChI=1S/C14H16F3N3O3.ClH/c15-8-1-2-9(12(17)11(8)16)20-10(21)7-19-13(22)14(18)3-5-23-6-4-14;/h1-2H,3-7,18H2,(H,19,22)(H,20,21);1H. The number of ether oxygens (including phenoxy) is 1. The molecule has 6 nitrogen and oxygen atoms in total. The first-order valence-corrected chi connectivity index (χ1v) is 6.92. The lowest BCUT2D eigenvalue weighted by atomic mass is 9.90. The minimum atomic E-state index is -1.69. The minimum Gasteiger partial charge on any atom is -0.381 e. The number of benzene rings is 1. The Hall–Kier alpha value is -1.84. The predicted octanol–water partition coefficient (Wildman–Crippen LogP) is 1.09. The third kappa shape index (κ3) is 4.59. The Morgan fingerprint density at radius 3 is 2.42 bits per heavy atom. The van der Waals surface area contributed by atoms with Crippen molar-refractivity contribution in [1.82, 2.24) is 5.32 Å². The van der Waals surface area contributed by atoms with Gasteiger partial charge in [-0.05, 0) is 25.0 Å². The molecule has 10 heteroatoms. The lowest BCUT2D eigenvalue weighted by Gasteiger charge is -2.31. The number of nitrogens with one attached hydrogen (secondary N) is 2. The van der Waals surface area contributed by atoms with Crippen LogP contribution in [0.3, 0.4) is 0 Å². The van der Waals surface area contributed by atoms with E-state index in [0.717, 1.165) is 6.07 Å². The molecule has 134 valence electrons. The molecule has 24 heavy (non-hydrogen) atoms. The highest BCUT2D eigenvalue weighted by molar-refractivity contribution is 5.96. The summed E-state index contributed by atoms with van der Waals surface area (Å²) in [6.07, 6.45) is 0.635. The van der Waals surface area contributed by atoms with Crippen LogP contribution < -0.4 is 16.4 Å². The molecule has 0 saturated carbocycles. The van der Waals surface area contributed by atoms with Gasteiger partial charge < -0.3 is 21.1 Å². The summed E-state index contributed by atoms with van der Waals surface area (Å²) in [5, 5.41) is 4.38. The number of anilines is 1. The summed E-state index contributed by atoms with van der Waals surface area (Å²) in [6, 6.07) is 1.57. The number of amides is 2. The smallest absolute Gasteiger partial charge is 0.243 e. The maximum absolute atomic E-state index is 13.4. The Bertz CT molecular complexity index is 625. The van der Waals surface area contributed by atoms with Crippen LogP contribution in [-0.4, -0.2) is 37.1 Å². The fourth-order valence-corrected chi connectivity index (χ4v) is 2.12. The fourth-order valence-electron chi connectivity index (χ4n) is 2.12. The lowest BCUT2D eigenvalue weighted by Crippen LogP contribution is -2.57. The van der Waals surface area contributed by atoms with Crippen molar-refractivity contribution in [3.8, 4) is 0 Å². The van der Waals surface area contributed by atoms with Gasteiger partial charge in [-0.1, -0.05) is 0 Å². The van der Waals surface area contributed by atoms with E-state index >= 15 is 0 Å². The van der Waals surface area contributed by atoms with Crippen molar-refractivity contribution in [1.29, 1.82) is 0 Å². The molecule has 0 atom stereocenters. The normalized spacial score (nSPS) is 16.0. The Morgan fingerprint density at radius 1 is 1.17 bits per heavy atom. The molecule has 1 saturated heterocycles. The van der Waals surface area contributed by atoms with Gasteiger partial charge in [0.25, 0.3) is 0 Å². The van der Waals surface area contributed by atoms with Gasteiger partial charge in [0.05, 0.1) is 17.8 Å². The first-order valence-electron chi connectivity index (χ1n) is 6.92. The van der Waals surface area contributed by atoms with Crippen LogP contribution in [0.1, 0.15) is 12.8 Å². The second kappa shape index (κ2) is 8.32. The molecule has 0 radical (unpaired) electrons. The molecular weight excluding hydrogens is 351 g/mol. The zero-order chi connectivity index (χ0) is 17.0. The summed E-state index contributed by atoms with van der Waals surface area (Å²) < 4.78 is 44.4. The van der Waals surface area contributed by atoms with Crippen LogP contribution >= 0.6 is 12.4 Å². The van der Waals surface area contributed by atoms with Crippen LogP contribution in [0.4, 0.5) is 18.9 Å². The van der Waals surface area contributed by atoms with Gasteiger partial charge >= 0.3 is 0 Å². The first kappa shape index (κ1) is 20.2. The molecule has 1 aliphatic heterocycles. The second-order valence-corrected chi connectivity index (χ2v) is 5.22. The summed E-state index contributed by atoms with van der Waals surface area (Å²) in [5.74, 6) is -5.88. The molecule has 1 heterocycles. The fraction of sp³-hybridized carbons (Fsp3) is 0.429. The predicted molar refractivity (Wildman–Crippen MR) is 82.2 cm³/mol. The highest BCUT2D eigenvalue weighted by atomic mass is 35.5. The van der Waals surface area contributed by atoms with E-state index < -0.39 is 47.0 Å². The van der Waals surface area contributed by atoms with Crippen molar-refractivity contribution in [3.05, 3.63) is 29.6 Å². The Morgan fingerprint density at radius 2 is 1.79 bits per heavy atom.